The Morgan fingerprint density at radius 2 is 1.85 bits per heavy atom. The third kappa shape index (κ3) is 2.05. The second-order valence-corrected chi connectivity index (χ2v) is 7.69. The van der Waals surface area contributed by atoms with Crippen LogP contribution < -0.4 is 5.32 Å². The molecule has 20 heavy (non-hydrogen) atoms. The van der Waals surface area contributed by atoms with Gasteiger partial charge in [-0.15, -0.1) is 0 Å². The third-order valence-corrected chi connectivity index (χ3v) is 6.74. The summed E-state index contributed by atoms with van der Waals surface area (Å²) in [6, 6.07) is 0.368. The standard InChI is InChI=1S/C17H27NO2/c19-16(18-12-5-2-1-3-6-12)20-15-11-17-9-4-7-14(17)13(15)8-10-17/h12-15H,1-11H2,(H,18,19)/t13-,14+,15-,17+/m1/s1. The van der Waals surface area contributed by atoms with E-state index in [0.717, 1.165) is 25.2 Å². The maximum absolute atomic E-state index is 12.1. The van der Waals surface area contributed by atoms with Gasteiger partial charge in [0.1, 0.15) is 6.10 Å². The van der Waals surface area contributed by atoms with E-state index in [9.17, 15) is 4.79 Å². The normalized spacial score (nSPS) is 43.5. The van der Waals surface area contributed by atoms with E-state index in [-0.39, 0.29) is 12.2 Å². The lowest BCUT2D eigenvalue weighted by Crippen LogP contribution is -2.39. The first-order chi connectivity index (χ1) is 9.77. The van der Waals surface area contributed by atoms with Crippen molar-refractivity contribution in [2.24, 2.45) is 17.3 Å². The van der Waals surface area contributed by atoms with Gasteiger partial charge in [-0.05, 0) is 62.2 Å². The first kappa shape index (κ1) is 13.0. The molecule has 0 aromatic rings. The molecule has 1 amide bonds. The van der Waals surface area contributed by atoms with Crippen LogP contribution in [-0.2, 0) is 4.74 Å². The summed E-state index contributed by atoms with van der Waals surface area (Å²) in [6.07, 6.45) is 14.2. The SMILES string of the molecule is O=C(NC1CCCCC1)O[C@@H]1C[C@@]23CCC[C@H]2[C@H]1CC3. The number of carbonyl (C=O) groups excluding carboxylic acids is 1. The average molecular weight is 277 g/mol. The number of carbonyl (C=O) groups is 1. The van der Waals surface area contributed by atoms with E-state index in [1.54, 1.807) is 0 Å². The minimum atomic E-state index is -0.135. The van der Waals surface area contributed by atoms with E-state index < -0.39 is 0 Å². The Labute approximate surface area is 121 Å². The molecule has 0 spiro atoms. The molecule has 0 aliphatic heterocycles. The molecule has 112 valence electrons. The highest BCUT2D eigenvalue weighted by atomic mass is 16.6. The van der Waals surface area contributed by atoms with Crippen LogP contribution in [-0.4, -0.2) is 18.2 Å². The first-order valence-electron chi connectivity index (χ1n) is 8.74. The molecule has 3 nitrogen and oxygen atoms in total. The van der Waals surface area contributed by atoms with E-state index in [0.29, 0.717) is 17.4 Å². The molecule has 4 aliphatic rings. The van der Waals surface area contributed by atoms with Crippen molar-refractivity contribution in [1.29, 1.82) is 0 Å². The summed E-state index contributed by atoms with van der Waals surface area (Å²) in [6.45, 7) is 0. The molecule has 4 atom stereocenters. The minimum absolute atomic E-state index is 0.135. The van der Waals surface area contributed by atoms with Crippen molar-refractivity contribution >= 4 is 6.09 Å². The Morgan fingerprint density at radius 3 is 2.65 bits per heavy atom. The summed E-state index contributed by atoms with van der Waals surface area (Å²) in [4.78, 5) is 12.1. The van der Waals surface area contributed by atoms with Crippen LogP contribution in [0.15, 0.2) is 0 Å². The summed E-state index contributed by atoms with van der Waals surface area (Å²) in [5.41, 5.74) is 0.570. The van der Waals surface area contributed by atoms with Crippen molar-refractivity contribution in [3.8, 4) is 0 Å². The van der Waals surface area contributed by atoms with Gasteiger partial charge in [0.25, 0.3) is 0 Å². The number of ether oxygens (including phenoxy) is 1. The van der Waals surface area contributed by atoms with Crippen LogP contribution in [0.5, 0.6) is 0 Å². The molecule has 1 N–H and O–H groups in total. The fourth-order valence-corrected chi connectivity index (χ4v) is 5.87. The van der Waals surface area contributed by atoms with Crippen LogP contribution in [0.25, 0.3) is 0 Å². The fourth-order valence-electron chi connectivity index (χ4n) is 5.87. The predicted molar refractivity (Wildman–Crippen MR) is 77.4 cm³/mol. The summed E-state index contributed by atoms with van der Waals surface area (Å²) >= 11 is 0. The maximum atomic E-state index is 12.1. The van der Waals surface area contributed by atoms with Crippen molar-refractivity contribution in [3.05, 3.63) is 0 Å². The van der Waals surface area contributed by atoms with Crippen LogP contribution in [0, 0.1) is 17.3 Å². The maximum Gasteiger partial charge on any atom is 0.407 e. The predicted octanol–water partition coefficient (Wildman–Crippen LogP) is 4.01. The Morgan fingerprint density at radius 1 is 1.00 bits per heavy atom. The quantitative estimate of drug-likeness (QED) is 0.828. The van der Waals surface area contributed by atoms with E-state index in [1.807, 2.05) is 0 Å². The zero-order valence-corrected chi connectivity index (χ0v) is 12.4. The molecular formula is C17H27NO2. The average Bonchev–Trinajstić information content (AvgIpc) is 3.04. The van der Waals surface area contributed by atoms with Crippen molar-refractivity contribution in [2.75, 3.05) is 0 Å². The van der Waals surface area contributed by atoms with Crippen LogP contribution in [0.1, 0.15) is 70.6 Å². The molecule has 4 saturated carbocycles. The van der Waals surface area contributed by atoms with Gasteiger partial charge in [-0.1, -0.05) is 25.7 Å². The molecule has 3 heteroatoms. The minimum Gasteiger partial charge on any atom is -0.446 e. The topological polar surface area (TPSA) is 38.3 Å². The molecule has 4 fully saturated rings. The number of rotatable bonds is 2. The van der Waals surface area contributed by atoms with Gasteiger partial charge in [0, 0.05) is 6.04 Å². The van der Waals surface area contributed by atoms with Gasteiger partial charge >= 0.3 is 6.09 Å². The third-order valence-electron chi connectivity index (χ3n) is 6.74. The summed E-state index contributed by atoms with van der Waals surface area (Å²) in [5.74, 6) is 1.55. The molecule has 0 radical (unpaired) electrons. The van der Waals surface area contributed by atoms with Crippen molar-refractivity contribution in [2.45, 2.75) is 82.8 Å². The summed E-state index contributed by atoms with van der Waals surface area (Å²) < 4.78 is 5.83. The van der Waals surface area contributed by atoms with Gasteiger partial charge in [-0.2, -0.15) is 0 Å². The fraction of sp³-hybridized carbons (Fsp3) is 0.941. The van der Waals surface area contributed by atoms with Crippen molar-refractivity contribution in [3.63, 3.8) is 0 Å². The van der Waals surface area contributed by atoms with Crippen LogP contribution >= 0.6 is 0 Å². The van der Waals surface area contributed by atoms with E-state index in [2.05, 4.69) is 5.32 Å². The van der Waals surface area contributed by atoms with Crippen LogP contribution in [0.4, 0.5) is 4.79 Å². The van der Waals surface area contributed by atoms with Gasteiger partial charge in [0.15, 0.2) is 0 Å². The Bertz CT molecular complexity index is 386. The number of hydrogen-bond acceptors (Lipinski definition) is 2. The highest BCUT2D eigenvalue weighted by Crippen LogP contribution is 2.66. The number of alkyl carbamates (subject to hydrolysis) is 1. The molecule has 0 aromatic heterocycles. The lowest BCUT2D eigenvalue weighted by molar-refractivity contribution is 0.0488. The Hall–Kier alpha value is -0.730. The number of nitrogens with one attached hydrogen (secondary N) is 1. The smallest absolute Gasteiger partial charge is 0.407 e. The molecule has 2 bridgehead atoms. The van der Waals surface area contributed by atoms with E-state index in [4.69, 9.17) is 4.74 Å². The second-order valence-electron chi connectivity index (χ2n) is 7.69. The lowest BCUT2D eigenvalue weighted by atomic mass is 9.80. The zero-order chi connectivity index (χ0) is 13.6. The van der Waals surface area contributed by atoms with Gasteiger partial charge in [0.2, 0.25) is 0 Å². The lowest BCUT2D eigenvalue weighted by Gasteiger charge is -2.29. The molecule has 0 heterocycles. The van der Waals surface area contributed by atoms with Gasteiger partial charge in [-0.25, -0.2) is 4.79 Å². The summed E-state index contributed by atoms with van der Waals surface area (Å²) in [7, 11) is 0. The largest absolute Gasteiger partial charge is 0.446 e. The first-order valence-corrected chi connectivity index (χ1v) is 8.74. The molecule has 0 unspecified atom stereocenters. The molecular weight excluding hydrogens is 250 g/mol. The monoisotopic (exact) mass is 277 g/mol. The zero-order valence-electron chi connectivity index (χ0n) is 12.4. The second kappa shape index (κ2) is 4.92. The Balaban J connectivity index is 1.33. The Kier molecular flexibility index (Phi) is 3.19. The molecule has 0 aromatic carbocycles. The molecule has 4 rings (SSSR count). The molecule has 4 aliphatic carbocycles. The van der Waals surface area contributed by atoms with E-state index >= 15 is 0 Å². The number of hydrogen-bond donors (Lipinski definition) is 1. The summed E-state index contributed by atoms with van der Waals surface area (Å²) in [5, 5.41) is 3.11. The van der Waals surface area contributed by atoms with E-state index in [1.165, 1.54) is 51.4 Å². The van der Waals surface area contributed by atoms with Crippen LogP contribution in [0.3, 0.4) is 0 Å². The highest BCUT2D eigenvalue weighted by molar-refractivity contribution is 5.68. The van der Waals surface area contributed by atoms with Gasteiger partial charge in [-0.3, -0.25) is 0 Å². The van der Waals surface area contributed by atoms with Crippen LogP contribution in [0.2, 0.25) is 0 Å². The highest BCUT2D eigenvalue weighted by Gasteiger charge is 2.60. The van der Waals surface area contributed by atoms with Gasteiger partial charge in [0.05, 0.1) is 0 Å². The number of amides is 1. The van der Waals surface area contributed by atoms with Crippen molar-refractivity contribution < 1.29 is 9.53 Å². The molecule has 0 saturated heterocycles. The van der Waals surface area contributed by atoms with Gasteiger partial charge < -0.3 is 10.1 Å². The van der Waals surface area contributed by atoms with Crippen molar-refractivity contribution in [1.82, 2.24) is 5.32 Å².